The van der Waals surface area contributed by atoms with E-state index in [4.69, 9.17) is 0 Å². The second-order valence-corrected chi connectivity index (χ2v) is 8.39. The number of aromatic nitrogens is 6. The smallest absolute Gasteiger partial charge is 0.0796 e. The molecule has 0 unspecified atom stereocenters. The Kier molecular flexibility index (Phi) is 9.06. The number of benzene rings is 1. The topological polar surface area (TPSA) is 61.4 Å². The van der Waals surface area contributed by atoms with Crippen LogP contribution in [0.3, 0.4) is 0 Å². The molecule has 0 aliphatic heterocycles. The number of unbranched alkanes of at least 4 members (excludes halogenated alkanes) is 6. The van der Waals surface area contributed by atoms with Gasteiger partial charge in [-0.2, -0.15) is 0 Å². The highest BCUT2D eigenvalue weighted by Gasteiger charge is 2.00. The van der Waals surface area contributed by atoms with Crippen LogP contribution in [0.15, 0.2) is 36.7 Å². The van der Waals surface area contributed by atoms with Crippen molar-refractivity contribution in [3.8, 4) is 0 Å². The van der Waals surface area contributed by atoms with Crippen molar-refractivity contribution in [1.29, 1.82) is 0 Å². The van der Waals surface area contributed by atoms with Crippen LogP contribution in [0.5, 0.6) is 0 Å². The highest BCUT2D eigenvalue weighted by Crippen LogP contribution is 2.13. The van der Waals surface area contributed by atoms with Gasteiger partial charge in [-0.1, -0.05) is 60.4 Å². The van der Waals surface area contributed by atoms with Crippen molar-refractivity contribution in [2.45, 2.75) is 91.1 Å². The van der Waals surface area contributed by atoms with Crippen molar-refractivity contribution in [3.05, 3.63) is 59.2 Å². The van der Waals surface area contributed by atoms with Crippen molar-refractivity contribution in [2.24, 2.45) is 0 Å². The number of nitrogens with zero attached hydrogens (tertiary/aromatic N) is 6. The molecular weight excluding hydrogens is 372 g/mol. The van der Waals surface area contributed by atoms with E-state index < -0.39 is 0 Å². The zero-order chi connectivity index (χ0) is 21.0. The molecule has 30 heavy (non-hydrogen) atoms. The van der Waals surface area contributed by atoms with Gasteiger partial charge >= 0.3 is 0 Å². The van der Waals surface area contributed by atoms with E-state index in [9.17, 15) is 0 Å². The van der Waals surface area contributed by atoms with Gasteiger partial charge in [-0.15, -0.1) is 10.2 Å². The van der Waals surface area contributed by atoms with Crippen LogP contribution < -0.4 is 0 Å². The zero-order valence-corrected chi connectivity index (χ0v) is 18.6. The van der Waals surface area contributed by atoms with Crippen molar-refractivity contribution >= 4 is 0 Å². The molecule has 0 saturated heterocycles. The summed E-state index contributed by atoms with van der Waals surface area (Å²) in [5, 5.41) is 16.3. The number of hydrogen-bond acceptors (Lipinski definition) is 4. The summed E-state index contributed by atoms with van der Waals surface area (Å²) in [5.74, 6) is 0. The molecule has 0 fully saturated rings. The van der Waals surface area contributed by atoms with Crippen molar-refractivity contribution < 1.29 is 0 Å². The van der Waals surface area contributed by atoms with E-state index in [1.165, 1.54) is 75.3 Å². The fourth-order valence-corrected chi connectivity index (χ4v) is 3.79. The summed E-state index contributed by atoms with van der Waals surface area (Å²) in [6.07, 6.45) is 16.4. The zero-order valence-electron chi connectivity index (χ0n) is 18.6. The molecule has 162 valence electrons. The highest BCUT2D eigenvalue weighted by molar-refractivity contribution is 5.22. The summed E-state index contributed by atoms with van der Waals surface area (Å²) in [5.41, 5.74) is 4.93. The Morgan fingerprint density at radius 1 is 0.567 bits per heavy atom. The maximum absolute atomic E-state index is 4.10. The first-order chi connectivity index (χ1) is 14.7. The van der Waals surface area contributed by atoms with Crippen LogP contribution in [0, 0.1) is 13.8 Å². The second-order valence-electron chi connectivity index (χ2n) is 8.39. The fraction of sp³-hybridized carbons (Fsp3) is 0.583. The molecular formula is C24H36N6. The van der Waals surface area contributed by atoms with E-state index >= 15 is 0 Å². The molecule has 0 spiro atoms. The van der Waals surface area contributed by atoms with Gasteiger partial charge in [0.1, 0.15) is 0 Å². The van der Waals surface area contributed by atoms with Crippen molar-refractivity contribution in [1.82, 2.24) is 30.0 Å². The molecule has 0 saturated carbocycles. The predicted octanol–water partition coefficient (Wildman–Crippen LogP) is 5.09. The van der Waals surface area contributed by atoms with Crippen LogP contribution in [0.2, 0.25) is 0 Å². The van der Waals surface area contributed by atoms with Crippen LogP contribution in [0.1, 0.15) is 73.9 Å². The minimum absolute atomic E-state index is 0.982. The van der Waals surface area contributed by atoms with E-state index in [-0.39, 0.29) is 0 Å². The van der Waals surface area contributed by atoms with Crippen molar-refractivity contribution in [2.75, 3.05) is 0 Å². The number of hydrogen-bond donors (Lipinski definition) is 0. The average molecular weight is 409 g/mol. The molecule has 0 bridgehead atoms. The molecule has 6 heteroatoms. The molecule has 0 atom stereocenters. The summed E-state index contributed by atoms with van der Waals surface area (Å²) < 4.78 is 3.90. The molecule has 1 aromatic carbocycles. The van der Waals surface area contributed by atoms with Gasteiger partial charge in [-0.05, 0) is 63.5 Å². The largest absolute Gasteiger partial charge is 0.252 e. The molecule has 0 aliphatic rings. The summed E-state index contributed by atoms with van der Waals surface area (Å²) in [4.78, 5) is 0. The predicted molar refractivity (Wildman–Crippen MR) is 120 cm³/mol. The molecule has 2 heterocycles. The van der Waals surface area contributed by atoms with Gasteiger partial charge in [-0.3, -0.25) is 9.36 Å². The maximum atomic E-state index is 4.10. The van der Waals surface area contributed by atoms with E-state index in [1.807, 2.05) is 35.6 Å². The quantitative estimate of drug-likeness (QED) is 0.348. The lowest BCUT2D eigenvalue weighted by Gasteiger charge is -2.06. The van der Waals surface area contributed by atoms with Gasteiger partial charge in [0.25, 0.3) is 0 Å². The Morgan fingerprint density at radius 3 is 1.33 bits per heavy atom. The molecule has 0 N–H and O–H groups in total. The lowest BCUT2D eigenvalue weighted by Crippen LogP contribution is -1.99. The van der Waals surface area contributed by atoms with Gasteiger partial charge < -0.3 is 0 Å². The minimum Gasteiger partial charge on any atom is -0.252 e. The number of rotatable bonds is 14. The molecule has 3 aromatic rings. The van der Waals surface area contributed by atoms with Gasteiger partial charge in [0.15, 0.2) is 0 Å². The molecule has 0 aliphatic carbocycles. The third-order valence-corrected chi connectivity index (χ3v) is 5.53. The lowest BCUT2D eigenvalue weighted by molar-refractivity contribution is 0.522. The van der Waals surface area contributed by atoms with Gasteiger partial charge in [-0.25, -0.2) is 0 Å². The van der Waals surface area contributed by atoms with E-state index in [0.717, 1.165) is 24.5 Å². The summed E-state index contributed by atoms with van der Waals surface area (Å²) in [6, 6.07) is 9.28. The monoisotopic (exact) mass is 408 g/mol. The first kappa shape index (κ1) is 22.2. The fourth-order valence-electron chi connectivity index (χ4n) is 3.79. The summed E-state index contributed by atoms with van der Waals surface area (Å²) in [6.45, 7) is 5.93. The van der Waals surface area contributed by atoms with Crippen LogP contribution >= 0.6 is 0 Å². The third-order valence-electron chi connectivity index (χ3n) is 5.53. The molecule has 3 rings (SSSR count). The minimum atomic E-state index is 0.982. The number of aryl methyl sites for hydroxylation is 6. The Balaban J connectivity index is 1.19. The summed E-state index contributed by atoms with van der Waals surface area (Å²) in [7, 11) is 0. The third kappa shape index (κ3) is 8.09. The van der Waals surface area contributed by atoms with Gasteiger partial charge in [0.05, 0.1) is 11.4 Å². The Morgan fingerprint density at radius 2 is 0.967 bits per heavy atom. The molecule has 0 radical (unpaired) electrons. The van der Waals surface area contributed by atoms with Gasteiger partial charge in [0, 0.05) is 25.5 Å². The Bertz CT molecular complexity index is 777. The first-order valence-corrected chi connectivity index (χ1v) is 11.5. The van der Waals surface area contributed by atoms with Crippen LogP contribution in [0.25, 0.3) is 0 Å². The average Bonchev–Trinajstić information content (AvgIpc) is 3.36. The SMILES string of the molecule is Cc1cn(CCCCCCc2ccc(CCCCCCn3cc(C)nn3)cc2)nn1. The Hall–Kier alpha value is -2.50. The molecule has 2 aromatic heterocycles. The van der Waals surface area contributed by atoms with E-state index in [2.05, 4.69) is 44.9 Å². The van der Waals surface area contributed by atoms with Gasteiger partial charge in [0.2, 0.25) is 0 Å². The summed E-state index contributed by atoms with van der Waals surface area (Å²) >= 11 is 0. The van der Waals surface area contributed by atoms with Crippen LogP contribution in [-0.2, 0) is 25.9 Å². The van der Waals surface area contributed by atoms with Crippen LogP contribution in [0.4, 0.5) is 0 Å². The van der Waals surface area contributed by atoms with E-state index in [1.54, 1.807) is 0 Å². The van der Waals surface area contributed by atoms with E-state index in [0.29, 0.717) is 0 Å². The second kappa shape index (κ2) is 12.3. The first-order valence-electron chi connectivity index (χ1n) is 11.5. The van der Waals surface area contributed by atoms with Crippen LogP contribution in [-0.4, -0.2) is 30.0 Å². The molecule has 0 amide bonds. The standard InChI is InChI=1S/C24H36N6/c1-21-19-29(27-25-21)17-9-5-3-7-11-23-13-15-24(16-14-23)12-8-4-6-10-18-30-20-22(2)26-28-30/h13-16,19-20H,3-12,17-18H2,1-2H3. The highest BCUT2D eigenvalue weighted by atomic mass is 15.4. The normalized spacial score (nSPS) is 11.3. The maximum Gasteiger partial charge on any atom is 0.0796 e. The lowest BCUT2D eigenvalue weighted by atomic mass is 10.0. The Labute approximate surface area is 180 Å². The van der Waals surface area contributed by atoms with Crippen molar-refractivity contribution in [3.63, 3.8) is 0 Å². The molecule has 6 nitrogen and oxygen atoms in total.